The van der Waals surface area contributed by atoms with E-state index in [1.807, 2.05) is 30.0 Å². The van der Waals surface area contributed by atoms with Crippen LogP contribution in [0.25, 0.3) is 0 Å². The number of aromatic nitrogens is 1. The quantitative estimate of drug-likeness (QED) is 0.922. The van der Waals surface area contributed by atoms with Gasteiger partial charge in [-0.15, -0.1) is 0 Å². The smallest absolute Gasteiger partial charge is 0.253 e. The minimum atomic E-state index is -0.110. The molecule has 1 aliphatic heterocycles. The summed E-state index contributed by atoms with van der Waals surface area (Å²) in [5, 5.41) is 3.11. The van der Waals surface area contributed by atoms with Gasteiger partial charge in [0.15, 0.2) is 0 Å². The van der Waals surface area contributed by atoms with Gasteiger partial charge < -0.3 is 10.2 Å². The first-order valence-electron chi connectivity index (χ1n) is 9.16. The van der Waals surface area contributed by atoms with E-state index >= 15 is 0 Å². The largest absolute Gasteiger partial charge is 0.347 e. The molecule has 0 spiro atoms. The normalized spacial score (nSPS) is 23.9. The first kappa shape index (κ1) is 16.8. The Bertz CT molecular complexity index is 821. The van der Waals surface area contributed by atoms with Gasteiger partial charge in [0.05, 0.1) is 18.0 Å². The lowest BCUT2D eigenvalue weighted by atomic mass is 10.0. The molecule has 2 heterocycles. The number of piperidine rings is 1. The number of carbonyl (C=O) groups is 2. The van der Waals surface area contributed by atoms with E-state index in [-0.39, 0.29) is 23.9 Å². The van der Waals surface area contributed by atoms with Crippen molar-refractivity contribution in [1.82, 2.24) is 15.2 Å². The first-order chi connectivity index (χ1) is 12.6. The van der Waals surface area contributed by atoms with E-state index in [2.05, 4.69) is 16.4 Å². The fraction of sp³-hybridized carbons (Fsp3) is 0.381. The number of nitrogens with one attached hydrogen (secondary N) is 1. The highest BCUT2D eigenvalue weighted by Crippen LogP contribution is 2.38. The van der Waals surface area contributed by atoms with Gasteiger partial charge in [0, 0.05) is 25.0 Å². The van der Waals surface area contributed by atoms with Gasteiger partial charge in [-0.05, 0) is 43.4 Å². The second-order valence-electron chi connectivity index (χ2n) is 7.44. The maximum Gasteiger partial charge on any atom is 0.253 e. The van der Waals surface area contributed by atoms with Gasteiger partial charge in [0.25, 0.3) is 5.91 Å². The van der Waals surface area contributed by atoms with Crippen molar-refractivity contribution in [2.75, 3.05) is 6.54 Å². The van der Waals surface area contributed by atoms with E-state index in [0.717, 1.165) is 24.9 Å². The molecule has 2 amide bonds. The zero-order valence-electron chi connectivity index (χ0n) is 14.9. The van der Waals surface area contributed by atoms with Crippen molar-refractivity contribution in [3.63, 3.8) is 0 Å². The molecule has 1 saturated heterocycles. The van der Waals surface area contributed by atoms with Crippen molar-refractivity contribution < 1.29 is 9.59 Å². The van der Waals surface area contributed by atoms with Crippen LogP contribution in [0.15, 0.2) is 48.8 Å². The van der Waals surface area contributed by atoms with Gasteiger partial charge in [0.2, 0.25) is 5.91 Å². The van der Waals surface area contributed by atoms with Gasteiger partial charge in [-0.3, -0.25) is 14.6 Å². The topological polar surface area (TPSA) is 62.3 Å². The summed E-state index contributed by atoms with van der Waals surface area (Å²) >= 11 is 0. The molecule has 2 bridgehead atoms. The molecule has 1 saturated carbocycles. The second kappa shape index (κ2) is 6.90. The fourth-order valence-corrected chi connectivity index (χ4v) is 4.31. The monoisotopic (exact) mass is 349 g/mol. The lowest BCUT2D eigenvalue weighted by molar-refractivity contribution is -0.132. The van der Waals surface area contributed by atoms with Crippen LogP contribution in [-0.4, -0.2) is 40.3 Å². The molecule has 26 heavy (non-hydrogen) atoms. The molecule has 134 valence electrons. The maximum absolute atomic E-state index is 12.8. The number of aryl methyl sites for hydroxylation is 1. The molecule has 3 atom stereocenters. The zero-order valence-corrected chi connectivity index (χ0v) is 14.9. The standard InChI is InChI=1S/C21H23N3O2/c1-14-4-2-5-15(8-14)11-20(25)24-13-16-9-18(19(24)10-16)23-21(26)17-6-3-7-22-12-17/h2-8,12,16,18-19H,9-11,13H2,1H3,(H,23,26)/t16-,18+,19-/m1/s1. The first-order valence-corrected chi connectivity index (χ1v) is 9.16. The number of carbonyl (C=O) groups excluding carboxylic acids is 2. The van der Waals surface area contributed by atoms with Gasteiger partial charge >= 0.3 is 0 Å². The van der Waals surface area contributed by atoms with E-state index in [1.165, 1.54) is 5.56 Å². The Hall–Kier alpha value is -2.69. The van der Waals surface area contributed by atoms with Gasteiger partial charge in [-0.1, -0.05) is 29.8 Å². The average Bonchev–Trinajstić information content (AvgIpc) is 3.23. The number of likely N-dealkylation sites (tertiary alicyclic amines) is 1. The maximum atomic E-state index is 12.8. The number of hydrogen-bond donors (Lipinski definition) is 1. The van der Waals surface area contributed by atoms with Crippen molar-refractivity contribution in [2.45, 2.75) is 38.3 Å². The van der Waals surface area contributed by atoms with Gasteiger partial charge in [-0.25, -0.2) is 0 Å². The molecular weight excluding hydrogens is 326 g/mol. The van der Waals surface area contributed by atoms with E-state index < -0.39 is 0 Å². The highest BCUT2D eigenvalue weighted by atomic mass is 16.2. The van der Waals surface area contributed by atoms with E-state index in [0.29, 0.717) is 17.9 Å². The minimum absolute atomic E-state index is 0.0305. The second-order valence-corrected chi connectivity index (χ2v) is 7.44. The number of benzene rings is 1. The number of nitrogens with zero attached hydrogens (tertiary/aromatic N) is 2. The SMILES string of the molecule is Cc1cccc(CC(=O)N2C[C@@H]3C[C@H](NC(=O)c4cccnc4)[C@H]2C3)c1. The predicted octanol–water partition coefficient (Wildman–Crippen LogP) is 2.35. The van der Waals surface area contributed by atoms with Crippen LogP contribution in [0.5, 0.6) is 0 Å². The van der Waals surface area contributed by atoms with E-state index in [1.54, 1.807) is 24.5 Å². The Morgan fingerprint density at radius 3 is 2.85 bits per heavy atom. The Morgan fingerprint density at radius 1 is 1.23 bits per heavy atom. The molecule has 1 N–H and O–H groups in total. The lowest BCUT2D eigenvalue weighted by Gasteiger charge is -2.34. The number of hydrogen-bond acceptors (Lipinski definition) is 3. The van der Waals surface area contributed by atoms with Crippen LogP contribution in [-0.2, 0) is 11.2 Å². The van der Waals surface area contributed by atoms with Crippen molar-refractivity contribution in [3.05, 3.63) is 65.5 Å². The molecule has 2 aliphatic rings. The summed E-state index contributed by atoms with van der Waals surface area (Å²) in [4.78, 5) is 31.2. The Morgan fingerprint density at radius 2 is 2.12 bits per heavy atom. The lowest BCUT2D eigenvalue weighted by Crippen LogP contribution is -2.52. The van der Waals surface area contributed by atoms with Gasteiger partial charge in [-0.2, -0.15) is 0 Å². The van der Waals surface area contributed by atoms with Gasteiger partial charge in [0.1, 0.15) is 0 Å². The van der Waals surface area contributed by atoms with Crippen LogP contribution in [0.1, 0.15) is 34.3 Å². The number of amides is 2. The Kier molecular flexibility index (Phi) is 4.45. The molecule has 0 unspecified atom stereocenters. The van der Waals surface area contributed by atoms with Crippen LogP contribution >= 0.6 is 0 Å². The Balaban J connectivity index is 1.42. The van der Waals surface area contributed by atoms with Crippen LogP contribution in [0.4, 0.5) is 0 Å². The third-order valence-electron chi connectivity index (χ3n) is 5.48. The molecule has 1 aromatic heterocycles. The summed E-state index contributed by atoms with van der Waals surface area (Å²) < 4.78 is 0. The summed E-state index contributed by atoms with van der Waals surface area (Å²) in [5.74, 6) is 0.533. The summed E-state index contributed by atoms with van der Waals surface area (Å²) in [6.45, 7) is 2.85. The molecule has 1 aromatic carbocycles. The van der Waals surface area contributed by atoms with Crippen LogP contribution < -0.4 is 5.32 Å². The molecule has 5 heteroatoms. The predicted molar refractivity (Wildman–Crippen MR) is 98.6 cm³/mol. The molecule has 4 rings (SSSR count). The van der Waals surface area contributed by atoms with Crippen molar-refractivity contribution in [1.29, 1.82) is 0 Å². The molecule has 0 radical (unpaired) electrons. The number of rotatable bonds is 4. The Labute approximate surface area is 153 Å². The van der Waals surface area contributed by atoms with Crippen molar-refractivity contribution >= 4 is 11.8 Å². The summed E-state index contributed by atoms with van der Waals surface area (Å²) in [5.41, 5.74) is 2.78. The number of pyridine rings is 1. The molecule has 5 nitrogen and oxygen atoms in total. The average molecular weight is 349 g/mol. The minimum Gasteiger partial charge on any atom is -0.347 e. The summed E-state index contributed by atoms with van der Waals surface area (Å²) in [7, 11) is 0. The molecule has 2 fully saturated rings. The third-order valence-corrected chi connectivity index (χ3v) is 5.48. The highest BCUT2D eigenvalue weighted by Gasteiger charge is 2.47. The molecular formula is C21H23N3O2. The number of fused-ring (bicyclic) bond motifs is 2. The van der Waals surface area contributed by atoms with Crippen LogP contribution in [0.3, 0.4) is 0 Å². The summed E-state index contributed by atoms with van der Waals surface area (Å²) in [6, 6.07) is 11.7. The zero-order chi connectivity index (χ0) is 18.1. The fourth-order valence-electron chi connectivity index (χ4n) is 4.31. The van der Waals surface area contributed by atoms with Crippen molar-refractivity contribution in [3.8, 4) is 0 Å². The highest BCUT2D eigenvalue weighted by molar-refractivity contribution is 5.94. The van der Waals surface area contributed by atoms with E-state index in [9.17, 15) is 9.59 Å². The van der Waals surface area contributed by atoms with Crippen LogP contribution in [0.2, 0.25) is 0 Å². The van der Waals surface area contributed by atoms with Crippen LogP contribution in [0, 0.1) is 12.8 Å². The van der Waals surface area contributed by atoms with E-state index in [4.69, 9.17) is 0 Å². The summed E-state index contributed by atoms with van der Waals surface area (Å²) in [6.07, 6.45) is 5.58. The third kappa shape index (κ3) is 3.34. The molecule has 2 aromatic rings. The molecule has 1 aliphatic carbocycles. The van der Waals surface area contributed by atoms with Crippen molar-refractivity contribution in [2.24, 2.45) is 5.92 Å².